The highest BCUT2D eigenvalue weighted by molar-refractivity contribution is 5.88. The molecule has 1 aliphatic rings. The number of nitrogens with zero attached hydrogens (tertiary/aromatic N) is 1. The van der Waals surface area contributed by atoms with Crippen LogP contribution in [0.25, 0.3) is 10.8 Å². The lowest BCUT2D eigenvalue weighted by molar-refractivity contribution is -0.137. The number of piperidine rings is 1. The summed E-state index contributed by atoms with van der Waals surface area (Å²) < 4.78 is 6.25. The van der Waals surface area contributed by atoms with Gasteiger partial charge in [0.2, 0.25) is 0 Å². The van der Waals surface area contributed by atoms with Crippen molar-refractivity contribution < 1.29 is 14.6 Å². The van der Waals surface area contributed by atoms with Crippen LogP contribution in [0.2, 0.25) is 0 Å². The average Bonchev–Trinajstić information content (AvgIpc) is 2.80. The minimum atomic E-state index is -0.720. The molecule has 1 saturated heterocycles. The van der Waals surface area contributed by atoms with Crippen LogP contribution in [-0.2, 0) is 4.79 Å². The molecular weight excluding hydrogens is 400 g/mol. The fourth-order valence-corrected chi connectivity index (χ4v) is 4.30. The smallest absolute Gasteiger partial charge is 0.303 e. The maximum Gasteiger partial charge on any atom is 0.303 e. The van der Waals surface area contributed by atoms with Crippen molar-refractivity contribution in [1.82, 2.24) is 10.2 Å². The molecule has 0 bridgehead atoms. The maximum absolute atomic E-state index is 10.8. The van der Waals surface area contributed by atoms with E-state index in [9.17, 15) is 4.79 Å². The number of unbranched alkanes of at least 4 members (excludes halogenated alkanes) is 2. The predicted molar refractivity (Wildman–Crippen MR) is 131 cm³/mol. The lowest BCUT2D eigenvalue weighted by atomic mass is 10.0. The zero-order chi connectivity index (χ0) is 22.8. The topological polar surface area (TPSA) is 61.8 Å². The molecule has 5 heteroatoms. The van der Waals surface area contributed by atoms with Crippen LogP contribution in [0.5, 0.6) is 5.75 Å². The molecule has 5 nitrogen and oxygen atoms in total. The number of hydrogen-bond acceptors (Lipinski definition) is 4. The largest absolute Gasteiger partial charge is 0.489 e. The summed E-state index contributed by atoms with van der Waals surface area (Å²) in [5.74, 6) is 0.188. The van der Waals surface area contributed by atoms with E-state index in [2.05, 4.69) is 48.3 Å². The van der Waals surface area contributed by atoms with Gasteiger partial charge >= 0.3 is 5.97 Å². The number of carboxylic acid groups (broad SMARTS) is 1. The van der Waals surface area contributed by atoms with Gasteiger partial charge in [0.25, 0.3) is 0 Å². The summed E-state index contributed by atoms with van der Waals surface area (Å²) in [5, 5.41) is 14.9. The summed E-state index contributed by atoms with van der Waals surface area (Å²) in [6, 6.07) is 15.6. The normalized spacial score (nSPS) is 16.0. The van der Waals surface area contributed by atoms with Crippen LogP contribution in [-0.4, -0.2) is 54.3 Å². The number of likely N-dealkylation sites (tertiary alicyclic amines) is 1. The van der Waals surface area contributed by atoms with Crippen LogP contribution in [0.1, 0.15) is 52.4 Å². The first-order valence-corrected chi connectivity index (χ1v) is 12.0. The number of benzene rings is 2. The number of carbonyl (C=O) groups is 1. The van der Waals surface area contributed by atoms with Gasteiger partial charge < -0.3 is 20.1 Å². The zero-order valence-corrected chi connectivity index (χ0v) is 19.6. The van der Waals surface area contributed by atoms with Crippen molar-refractivity contribution in [1.29, 1.82) is 0 Å². The SMILES string of the molecule is CC(C)N1CCC(NC/C(=C\CCCCC(=O)O)COc2cccc3ccccc23)CC1. The number of hydrogen-bond donors (Lipinski definition) is 2. The van der Waals surface area contributed by atoms with Crippen LogP contribution >= 0.6 is 0 Å². The maximum atomic E-state index is 10.8. The van der Waals surface area contributed by atoms with Crippen molar-refractivity contribution in [2.45, 2.75) is 64.5 Å². The fraction of sp³-hybridized carbons (Fsp3) is 0.519. The number of carboxylic acids is 1. The molecule has 0 aliphatic carbocycles. The molecule has 0 amide bonds. The van der Waals surface area contributed by atoms with E-state index in [-0.39, 0.29) is 6.42 Å². The summed E-state index contributed by atoms with van der Waals surface area (Å²) >= 11 is 0. The highest BCUT2D eigenvalue weighted by Crippen LogP contribution is 2.25. The molecule has 1 heterocycles. The van der Waals surface area contributed by atoms with Gasteiger partial charge in [-0.05, 0) is 76.1 Å². The monoisotopic (exact) mass is 438 g/mol. The van der Waals surface area contributed by atoms with E-state index in [0.29, 0.717) is 25.1 Å². The summed E-state index contributed by atoms with van der Waals surface area (Å²) in [4.78, 5) is 13.3. The molecule has 0 aromatic heterocycles. The van der Waals surface area contributed by atoms with Gasteiger partial charge in [-0.3, -0.25) is 4.79 Å². The van der Waals surface area contributed by atoms with Gasteiger partial charge in [-0.25, -0.2) is 0 Å². The molecule has 3 rings (SSSR count). The van der Waals surface area contributed by atoms with E-state index < -0.39 is 5.97 Å². The van der Waals surface area contributed by atoms with Gasteiger partial charge in [0, 0.05) is 30.4 Å². The minimum absolute atomic E-state index is 0.238. The van der Waals surface area contributed by atoms with Crippen molar-refractivity contribution in [3.05, 3.63) is 54.1 Å². The molecule has 0 radical (unpaired) electrons. The molecule has 1 fully saturated rings. The molecule has 2 aromatic carbocycles. The third-order valence-corrected chi connectivity index (χ3v) is 6.32. The Morgan fingerprint density at radius 2 is 1.91 bits per heavy atom. The first-order valence-electron chi connectivity index (χ1n) is 12.0. The van der Waals surface area contributed by atoms with E-state index in [0.717, 1.165) is 43.6 Å². The van der Waals surface area contributed by atoms with E-state index in [1.54, 1.807) is 0 Å². The lowest BCUT2D eigenvalue weighted by Crippen LogP contribution is -2.45. The lowest BCUT2D eigenvalue weighted by Gasteiger charge is -2.35. The number of rotatable bonds is 12. The molecule has 1 aliphatic heterocycles. The Labute approximate surface area is 192 Å². The molecule has 2 aromatic rings. The molecular formula is C27H38N2O3. The van der Waals surface area contributed by atoms with E-state index in [1.807, 2.05) is 24.3 Å². The molecule has 32 heavy (non-hydrogen) atoms. The zero-order valence-electron chi connectivity index (χ0n) is 19.6. The van der Waals surface area contributed by atoms with Crippen molar-refractivity contribution in [3.8, 4) is 5.75 Å². The van der Waals surface area contributed by atoms with Gasteiger partial charge in [0.1, 0.15) is 12.4 Å². The summed E-state index contributed by atoms with van der Waals surface area (Å²) in [6.45, 7) is 8.19. The average molecular weight is 439 g/mol. The third kappa shape index (κ3) is 7.64. The van der Waals surface area contributed by atoms with Gasteiger partial charge in [-0.2, -0.15) is 0 Å². The van der Waals surface area contributed by atoms with E-state index >= 15 is 0 Å². The van der Waals surface area contributed by atoms with E-state index in [4.69, 9.17) is 9.84 Å². The van der Waals surface area contributed by atoms with Crippen LogP contribution in [0.4, 0.5) is 0 Å². The van der Waals surface area contributed by atoms with Crippen LogP contribution in [0.3, 0.4) is 0 Å². The summed E-state index contributed by atoms with van der Waals surface area (Å²) in [6.07, 6.45) is 7.31. The summed E-state index contributed by atoms with van der Waals surface area (Å²) in [5.41, 5.74) is 1.24. The molecule has 2 N–H and O–H groups in total. The predicted octanol–water partition coefficient (Wildman–Crippen LogP) is 5.25. The molecule has 0 atom stereocenters. The Morgan fingerprint density at radius 3 is 2.66 bits per heavy atom. The molecule has 0 spiro atoms. The first-order chi connectivity index (χ1) is 15.5. The number of ether oxygens (including phenoxy) is 1. The van der Waals surface area contributed by atoms with Gasteiger partial charge in [-0.1, -0.05) is 42.5 Å². The van der Waals surface area contributed by atoms with E-state index in [1.165, 1.54) is 23.8 Å². The highest BCUT2D eigenvalue weighted by Gasteiger charge is 2.20. The van der Waals surface area contributed by atoms with Crippen LogP contribution in [0.15, 0.2) is 54.1 Å². The second kappa shape index (κ2) is 12.6. The Kier molecular flexibility index (Phi) is 9.57. The Morgan fingerprint density at radius 1 is 1.16 bits per heavy atom. The quantitative estimate of drug-likeness (QED) is 0.350. The Balaban J connectivity index is 1.57. The van der Waals surface area contributed by atoms with Crippen molar-refractivity contribution >= 4 is 16.7 Å². The standard InChI is InChI=1S/C27H38N2O3/c1-21(2)29-17-15-24(16-18-29)28-19-22(9-4-3-5-14-27(30)31)20-32-26-13-8-11-23-10-6-7-12-25(23)26/h6-13,21,24,28H,3-5,14-20H2,1-2H3,(H,30,31)/b22-9+. The molecule has 0 saturated carbocycles. The molecule has 0 unspecified atom stereocenters. The first kappa shape index (κ1) is 24.3. The van der Waals surface area contributed by atoms with Gasteiger partial charge in [0.05, 0.1) is 0 Å². The highest BCUT2D eigenvalue weighted by atomic mass is 16.5. The summed E-state index contributed by atoms with van der Waals surface area (Å²) in [7, 11) is 0. The molecule has 174 valence electrons. The van der Waals surface area contributed by atoms with Crippen molar-refractivity contribution in [2.75, 3.05) is 26.2 Å². The number of allylic oxidation sites excluding steroid dienone is 1. The third-order valence-electron chi connectivity index (χ3n) is 6.32. The number of nitrogens with one attached hydrogen (secondary N) is 1. The second-order valence-corrected chi connectivity index (χ2v) is 9.05. The van der Waals surface area contributed by atoms with Crippen molar-refractivity contribution in [3.63, 3.8) is 0 Å². The minimum Gasteiger partial charge on any atom is -0.489 e. The number of aliphatic carboxylic acids is 1. The second-order valence-electron chi connectivity index (χ2n) is 9.05. The fourth-order valence-electron chi connectivity index (χ4n) is 4.30. The van der Waals surface area contributed by atoms with Crippen molar-refractivity contribution in [2.24, 2.45) is 0 Å². The number of fused-ring (bicyclic) bond motifs is 1. The van der Waals surface area contributed by atoms with Crippen LogP contribution < -0.4 is 10.1 Å². The Hall–Kier alpha value is -2.37. The van der Waals surface area contributed by atoms with Crippen LogP contribution in [0, 0.1) is 0 Å². The Bertz CT molecular complexity index is 880. The van der Waals surface area contributed by atoms with Gasteiger partial charge in [-0.15, -0.1) is 0 Å². The van der Waals surface area contributed by atoms with Gasteiger partial charge in [0.15, 0.2) is 0 Å².